The third-order valence-corrected chi connectivity index (χ3v) is 8.54. The molecule has 0 aromatic carbocycles. The van der Waals surface area contributed by atoms with E-state index in [0.717, 1.165) is 36.5 Å². The summed E-state index contributed by atoms with van der Waals surface area (Å²) >= 11 is 0. The van der Waals surface area contributed by atoms with Crippen LogP contribution in [0.2, 0.25) is 0 Å². The lowest BCUT2D eigenvalue weighted by atomic mass is 9.45. The van der Waals surface area contributed by atoms with Gasteiger partial charge in [-0.3, -0.25) is 0 Å². The molecular weight excluding hydrogens is 258 g/mol. The van der Waals surface area contributed by atoms with E-state index in [1.807, 2.05) is 0 Å². The third-order valence-electron chi connectivity index (χ3n) is 8.54. The summed E-state index contributed by atoms with van der Waals surface area (Å²) in [6.45, 7) is 5.10. The minimum absolute atomic E-state index is 0.0156. The fourth-order valence-corrected chi connectivity index (χ4v) is 7.34. The van der Waals surface area contributed by atoms with Crippen molar-refractivity contribution in [2.24, 2.45) is 40.2 Å². The number of rotatable bonds is 0. The number of fused-ring (bicyclic) bond motifs is 5. The molecule has 3 N–H and O–H groups in total. The Labute approximate surface area is 129 Å². The van der Waals surface area contributed by atoms with E-state index < -0.39 is 0 Å². The molecule has 0 bridgehead atoms. The van der Waals surface area contributed by atoms with Crippen LogP contribution in [0.4, 0.5) is 0 Å². The number of hydrogen-bond acceptors (Lipinski definition) is 2. The molecule has 0 amide bonds. The van der Waals surface area contributed by atoms with Crippen LogP contribution >= 0.6 is 0 Å². The van der Waals surface area contributed by atoms with E-state index in [0.29, 0.717) is 10.8 Å². The fraction of sp³-hybridized carbons (Fsp3) is 1.00. The van der Waals surface area contributed by atoms with Crippen LogP contribution in [0.25, 0.3) is 0 Å². The quantitative estimate of drug-likeness (QED) is 0.714. The Morgan fingerprint density at radius 2 is 1.81 bits per heavy atom. The molecule has 4 aliphatic rings. The topological polar surface area (TPSA) is 46.2 Å². The molecule has 4 rings (SSSR count). The normalized spacial score (nSPS) is 60.0. The van der Waals surface area contributed by atoms with E-state index in [1.165, 1.54) is 44.9 Å². The Bertz CT molecular complexity index is 424. The Morgan fingerprint density at radius 3 is 2.62 bits per heavy atom. The monoisotopic (exact) mass is 291 g/mol. The zero-order chi connectivity index (χ0) is 14.8. The second-order valence-electron chi connectivity index (χ2n) is 9.41. The predicted octanol–water partition coefficient (Wildman–Crippen LogP) is 3.72. The standard InChI is InChI=1S/C19H33NO/c1-18-8-3-4-14(18)13-6-5-12-10-17(21)16(20)11-19(12,2)15(13)7-9-18/h12-17,21H,3-11,20H2,1-2H3/t12-,13-,14-,15-,16?,17?,18-,19-/m0/s1. The van der Waals surface area contributed by atoms with Crippen molar-refractivity contribution in [1.29, 1.82) is 0 Å². The first-order valence-electron chi connectivity index (χ1n) is 9.38. The molecule has 0 aromatic rings. The highest BCUT2D eigenvalue weighted by Gasteiger charge is 2.58. The summed E-state index contributed by atoms with van der Waals surface area (Å²) in [5, 5.41) is 10.2. The smallest absolute Gasteiger partial charge is 0.0694 e. The second kappa shape index (κ2) is 4.71. The molecule has 0 heterocycles. The van der Waals surface area contributed by atoms with Gasteiger partial charge in [-0.2, -0.15) is 0 Å². The minimum atomic E-state index is -0.250. The summed E-state index contributed by atoms with van der Waals surface area (Å²) in [7, 11) is 0. The van der Waals surface area contributed by atoms with E-state index >= 15 is 0 Å². The van der Waals surface area contributed by atoms with Crippen LogP contribution in [0.15, 0.2) is 0 Å². The fourth-order valence-electron chi connectivity index (χ4n) is 7.34. The Balaban J connectivity index is 1.63. The summed E-state index contributed by atoms with van der Waals surface area (Å²) in [5.41, 5.74) is 7.34. The zero-order valence-corrected chi connectivity index (χ0v) is 13.9. The average molecular weight is 291 g/mol. The van der Waals surface area contributed by atoms with Crippen LogP contribution in [-0.2, 0) is 0 Å². The molecule has 0 saturated heterocycles. The highest BCUT2D eigenvalue weighted by Crippen LogP contribution is 2.66. The molecule has 0 aliphatic heterocycles. The summed E-state index contributed by atoms with van der Waals surface area (Å²) < 4.78 is 0. The first-order chi connectivity index (χ1) is 9.94. The molecule has 0 aromatic heterocycles. The molecule has 8 atom stereocenters. The number of aliphatic hydroxyl groups excluding tert-OH is 1. The molecule has 2 heteroatoms. The third kappa shape index (κ3) is 1.97. The van der Waals surface area contributed by atoms with Crippen molar-refractivity contribution >= 4 is 0 Å². The van der Waals surface area contributed by atoms with Crippen molar-refractivity contribution in [3.63, 3.8) is 0 Å². The van der Waals surface area contributed by atoms with E-state index in [4.69, 9.17) is 5.73 Å². The summed E-state index contributed by atoms with van der Waals surface area (Å²) in [6.07, 6.45) is 11.8. The first-order valence-corrected chi connectivity index (χ1v) is 9.38. The minimum Gasteiger partial charge on any atom is -0.392 e. The summed E-state index contributed by atoms with van der Waals surface area (Å²) in [6, 6.07) is 0.0156. The van der Waals surface area contributed by atoms with Gasteiger partial charge >= 0.3 is 0 Å². The maximum absolute atomic E-state index is 10.2. The van der Waals surface area contributed by atoms with Crippen LogP contribution in [0.1, 0.15) is 71.6 Å². The van der Waals surface area contributed by atoms with Gasteiger partial charge in [-0.15, -0.1) is 0 Å². The molecule has 21 heavy (non-hydrogen) atoms. The maximum Gasteiger partial charge on any atom is 0.0694 e. The van der Waals surface area contributed by atoms with Crippen LogP contribution in [-0.4, -0.2) is 17.3 Å². The van der Waals surface area contributed by atoms with Crippen molar-refractivity contribution in [1.82, 2.24) is 0 Å². The number of aliphatic hydroxyl groups is 1. The second-order valence-corrected chi connectivity index (χ2v) is 9.41. The molecule has 2 unspecified atom stereocenters. The Kier molecular flexibility index (Phi) is 3.25. The van der Waals surface area contributed by atoms with E-state index in [2.05, 4.69) is 13.8 Å². The average Bonchev–Trinajstić information content (AvgIpc) is 2.82. The summed E-state index contributed by atoms with van der Waals surface area (Å²) in [4.78, 5) is 0. The Morgan fingerprint density at radius 1 is 1.00 bits per heavy atom. The van der Waals surface area contributed by atoms with Crippen molar-refractivity contribution in [2.75, 3.05) is 0 Å². The van der Waals surface area contributed by atoms with Crippen LogP contribution in [0, 0.1) is 34.5 Å². The molecule has 4 aliphatic carbocycles. The maximum atomic E-state index is 10.2. The van der Waals surface area contributed by atoms with Crippen molar-refractivity contribution < 1.29 is 5.11 Å². The number of hydrogen-bond donors (Lipinski definition) is 2. The summed E-state index contributed by atoms with van der Waals surface area (Å²) in [5.74, 6) is 3.54. The van der Waals surface area contributed by atoms with Gasteiger partial charge in [-0.1, -0.05) is 20.3 Å². The largest absolute Gasteiger partial charge is 0.392 e. The zero-order valence-electron chi connectivity index (χ0n) is 13.9. The molecule has 0 radical (unpaired) electrons. The van der Waals surface area contributed by atoms with Gasteiger partial charge in [0.1, 0.15) is 0 Å². The first kappa shape index (κ1) is 14.5. The molecular formula is C19H33NO. The van der Waals surface area contributed by atoms with Gasteiger partial charge in [0.2, 0.25) is 0 Å². The Hall–Kier alpha value is -0.0800. The lowest BCUT2D eigenvalue weighted by Gasteiger charge is -2.61. The molecule has 4 saturated carbocycles. The van der Waals surface area contributed by atoms with E-state index in [1.54, 1.807) is 0 Å². The van der Waals surface area contributed by atoms with Crippen molar-refractivity contribution in [3.8, 4) is 0 Å². The highest BCUT2D eigenvalue weighted by atomic mass is 16.3. The lowest BCUT2D eigenvalue weighted by Crippen LogP contribution is -2.57. The van der Waals surface area contributed by atoms with Gasteiger partial charge in [-0.05, 0) is 85.9 Å². The molecule has 4 fully saturated rings. The van der Waals surface area contributed by atoms with Crippen LogP contribution in [0.3, 0.4) is 0 Å². The molecule has 2 nitrogen and oxygen atoms in total. The van der Waals surface area contributed by atoms with Gasteiger partial charge in [0, 0.05) is 6.04 Å². The number of nitrogens with two attached hydrogens (primary N) is 1. The van der Waals surface area contributed by atoms with Crippen LogP contribution < -0.4 is 5.73 Å². The van der Waals surface area contributed by atoms with Gasteiger partial charge in [0.05, 0.1) is 6.10 Å². The van der Waals surface area contributed by atoms with Crippen molar-refractivity contribution in [2.45, 2.75) is 83.8 Å². The van der Waals surface area contributed by atoms with E-state index in [9.17, 15) is 5.11 Å². The predicted molar refractivity (Wildman–Crippen MR) is 85.7 cm³/mol. The van der Waals surface area contributed by atoms with Gasteiger partial charge in [0.15, 0.2) is 0 Å². The lowest BCUT2D eigenvalue weighted by molar-refractivity contribution is -0.126. The molecule has 0 spiro atoms. The van der Waals surface area contributed by atoms with Gasteiger partial charge < -0.3 is 10.8 Å². The van der Waals surface area contributed by atoms with Gasteiger partial charge in [-0.25, -0.2) is 0 Å². The highest BCUT2D eigenvalue weighted by molar-refractivity contribution is 5.08. The molecule has 120 valence electrons. The van der Waals surface area contributed by atoms with Crippen molar-refractivity contribution in [3.05, 3.63) is 0 Å². The van der Waals surface area contributed by atoms with Crippen LogP contribution in [0.5, 0.6) is 0 Å². The van der Waals surface area contributed by atoms with Gasteiger partial charge in [0.25, 0.3) is 0 Å². The SMILES string of the molecule is C[C@@]12CCC[C@H]1[C@@H]1CC[C@H]3CC(O)C(N)C[C@]3(C)[C@H]1CC2. The van der Waals surface area contributed by atoms with E-state index in [-0.39, 0.29) is 12.1 Å².